The van der Waals surface area contributed by atoms with Crippen LogP contribution in [0.4, 0.5) is 0 Å². The standard InChI is InChI=1S/C16H22O2/c1-4-7-16(12-18-13(3)17)11-15-9-6-8-14(5-2)10-15/h6,8-11H,4-5,7,12H2,1-3H3. The fraction of sp³-hybridized carbons (Fsp3) is 0.438. The molecule has 0 bridgehead atoms. The molecule has 0 saturated carbocycles. The van der Waals surface area contributed by atoms with E-state index in [1.807, 2.05) is 0 Å². The first-order chi connectivity index (χ1) is 8.65. The number of rotatable bonds is 6. The third-order valence-electron chi connectivity index (χ3n) is 2.76. The third-order valence-corrected chi connectivity index (χ3v) is 2.76. The second-order valence-corrected chi connectivity index (χ2v) is 4.43. The summed E-state index contributed by atoms with van der Waals surface area (Å²) in [7, 11) is 0. The average molecular weight is 246 g/mol. The number of hydrogen-bond acceptors (Lipinski definition) is 2. The molecule has 0 atom stereocenters. The highest BCUT2D eigenvalue weighted by molar-refractivity contribution is 5.66. The topological polar surface area (TPSA) is 26.3 Å². The van der Waals surface area contributed by atoms with Gasteiger partial charge in [-0.1, -0.05) is 50.6 Å². The van der Waals surface area contributed by atoms with Crippen molar-refractivity contribution in [2.24, 2.45) is 0 Å². The zero-order valence-corrected chi connectivity index (χ0v) is 11.5. The maximum atomic E-state index is 10.9. The molecular formula is C16H22O2. The first-order valence-electron chi connectivity index (χ1n) is 6.57. The van der Waals surface area contributed by atoms with Crippen LogP contribution >= 0.6 is 0 Å². The predicted molar refractivity (Wildman–Crippen MR) is 75.3 cm³/mol. The Hall–Kier alpha value is -1.57. The van der Waals surface area contributed by atoms with Crippen molar-refractivity contribution in [2.75, 3.05) is 6.61 Å². The van der Waals surface area contributed by atoms with Crippen molar-refractivity contribution in [3.05, 3.63) is 41.0 Å². The fourth-order valence-corrected chi connectivity index (χ4v) is 1.84. The van der Waals surface area contributed by atoms with Gasteiger partial charge in [-0.2, -0.15) is 0 Å². The van der Waals surface area contributed by atoms with E-state index in [4.69, 9.17) is 4.74 Å². The molecule has 2 heteroatoms. The molecule has 0 amide bonds. The summed E-state index contributed by atoms with van der Waals surface area (Å²) in [6, 6.07) is 8.47. The van der Waals surface area contributed by atoms with Crippen LogP contribution in [0.5, 0.6) is 0 Å². The molecule has 18 heavy (non-hydrogen) atoms. The molecule has 0 aliphatic carbocycles. The molecule has 1 aromatic carbocycles. The molecule has 98 valence electrons. The quantitative estimate of drug-likeness (QED) is 0.709. The van der Waals surface area contributed by atoms with E-state index in [1.165, 1.54) is 23.6 Å². The largest absolute Gasteiger partial charge is 0.461 e. The second-order valence-electron chi connectivity index (χ2n) is 4.43. The van der Waals surface area contributed by atoms with Gasteiger partial charge in [0, 0.05) is 6.92 Å². The third kappa shape index (κ3) is 5.17. The van der Waals surface area contributed by atoms with E-state index in [-0.39, 0.29) is 5.97 Å². The van der Waals surface area contributed by atoms with E-state index in [1.54, 1.807) is 0 Å². The van der Waals surface area contributed by atoms with Crippen LogP contribution in [0.15, 0.2) is 29.8 Å². The first kappa shape index (κ1) is 14.5. The number of ether oxygens (including phenoxy) is 1. The summed E-state index contributed by atoms with van der Waals surface area (Å²) in [6.07, 6.45) is 5.19. The molecule has 1 aromatic rings. The summed E-state index contributed by atoms with van der Waals surface area (Å²) in [5.74, 6) is -0.223. The Labute approximate surface area is 110 Å². The monoisotopic (exact) mass is 246 g/mol. The van der Waals surface area contributed by atoms with Gasteiger partial charge < -0.3 is 4.74 Å². The smallest absolute Gasteiger partial charge is 0.302 e. The normalized spacial score (nSPS) is 11.4. The zero-order valence-electron chi connectivity index (χ0n) is 11.5. The van der Waals surface area contributed by atoms with Crippen LogP contribution in [0, 0.1) is 0 Å². The van der Waals surface area contributed by atoms with Gasteiger partial charge in [0.05, 0.1) is 0 Å². The van der Waals surface area contributed by atoms with E-state index in [9.17, 15) is 4.79 Å². The minimum absolute atomic E-state index is 0.223. The second kappa shape index (κ2) is 7.70. The van der Waals surface area contributed by atoms with Crippen LogP contribution in [0.25, 0.3) is 6.08 Å². The number of benzene rings is 1. The Morgan fingerprint density at radius 1 is 1.33 bits per heavy atom. The van der Waals surface area contributed by atoms with Crippen molar-refractivity contribution in [1.82, 2.24) is 0 Å². The van der Waals surface area contributed by atoms with Crippen LogP contribution in [0.3, 0.4) is 0 Å². The first-order valence-corrected chi connectivity index (χ1v) is 6.57. The molecule has 0 saturated heterocycles. The van der Waals surface area contributed by atoms with Crippen molar-refractivity contribution in [1.29, 1.82) is 0 Å². The molecule has 0 aliphatic rings. The Morgan fingerprint density at radius 3 is 2.72 bits per heavy atom. The van der Waals surface area contributed by atoms with Gasteiger partial charge in [-0.15, -0.1) is 0 Å². The van der Waals surface area contributed by atoms with Gasteiger partial charge in [0.2, 0.25) is 0 Å². The lowest BCUT2D eigenvalue weighted by Gasteiger charge is -2.07. The predicted octanol–water partition coefficient (Wildman–Crippen LogP) is 4.00. The van der Waals surface area contributed by atoms with Gasteiger partial charge in [0.15, 0.2) is 0 Å². The lowest BCUT2D eigenvalue weighted by Crippen LogP contribution is -2.03. The molecule has 0 unspecified atom stereocenters. The Morgan fingerprint density at radius 2 is 2.11 bits per heavy atom. The SMILES string of the molecule is CCCC(=Cc1cccc(CC)c1)COC(C)=O. The van der Waals surface area contributed by atoms with Gasteiger partial charge in [-0.25, -0.2) is 0 Å². The maximum absolute atomic E-state index is 10.9. The van der Waals surface area contributed by atoms with Crippen LogP contribution in [0.1, 0.15) is 44.7 Å². The average Bonchev–Trinajstić information content (AvgIpc) is 2.36. The highest BCUT2D eigenvalue weighted by Crippen LogP contribution is 2.14. The minimum atomic E-state index is -0.223. The van der Waals surface area contributed by atoms with Gasteiger partial charge >= 0.3 is 5.97 Å². The molecular weight excluding hydrogens is 224 g/mol. The van der Waals surface area contributed by atoms with Gasteiger partial charge in [0.1, 0.15) is 6.61 Å². The van der Waals surface area contributed by atoms with Gasteiger partial charge in [-0.3, -0.25) is 4.79 Å². The summed E-state index contributed by atoms with van der Waals surface area (Å²) < 4.78 is 5.08. The molecule has 0 aliphatic heterocycles. The van der Waals surface area contributed by atoms with Crippen LogP contribution in [-0.4, -0.2) is 12.6 Å². The maximum Gasteiger partial charge on any atom is 0.302 e. The van der Waals surface area contributed by atoms with Crippen molar-refractivity contribution in [2.45, 2.75) is 40.0 Å². The van der Waals surface area contributed by atoms with Crippen LogP contribution < -0.4 is 0 Å². The van der Waals surface area contributed by atoms with E-state index < -0.39 is 0 Å². The number of aryl methyl sites for hydroxylation is 1. The zero-order chi connectivity index (χ0) is 13.4. The molecule has 0 N–H and O–H groups in total. The highest BCUT2D eigenvalue weighted by Gasteiger charge is 2.01. The van der Waals surface area contributed by atoms with E-state index >= 15 is 0 Å². The molecule has 0 radical (unpaired) electrons. The molecule has 2 nitrogen and oxygen atoms in total. The number of hydrogen-bond donors (Lipinski definition) is 0. The minimum Gasteiger partial charge on any atom is -0.461 e. The Kier molecular flexibility index (Phi) is 6.20. The fourth-order valence-electron chi connectivity index (χ4n) is 1.84. The Bertz CT molecular complexity index is 419. The molecule has 0 heterocycles. The summed E-state index contributed by atoms with van der Waals surface area (Å²) in [5, 5.41) is 0. The lowest BCUT2D eigenvalue weighted by atomic mass is 10.0. The Balaban J connectivity index is 2.81. The van der Waals surface area contributed by atoms with Gasteiger partial charge in [-0.05, 0) is 29.5 Å². The van der Waals surface area contributed by atoms with E-state index in [0.717, 1.165) is 19.3 Å². The van der Waals surface area contributed by atoms with Gasteiger partial charge in [0.25, 0.3) is 0 Å². The summed E-state index contributed by atoms with van der Waals surface area (Å²) >= 11 is 0. The molecule has 0 aromatic heterocycles. The highest BCUT2D eigenvalue weighted by atomic mass is 16.5. The summed E-state index contributed by atoms with van der Waals surface area (Å²) in [4.78, 5) is 10.9. The number of carbonyl (C=O) groups is 1. The summed E-state index contributed by atoms with van der Waals surface area (Å²) in [6.45, 7) is 6.12. The van der Waals surface area contributed by atoms with E-state index in [0.29, 0.717) is 6.61 Å². The number of esters is 1. The number of carbonyl (C=O) groups excluding carboxylic acids is 1. The van der Waals surface area contributed by atoms with Crippen LogP contribution in [0.2, 0.25) is 0 Å². The lowest BCUT2D eigenvalue weighted by molar-refractivity contribution is -0.140. The van der Waals surface area contributed by atoms with Crippen molar-refractivity contribution in [3.63, 3.8) is 0 Å². The van der Waals surface area contributed by atoms with Crippen molar-refractivity contribution in [3.8, 4) is 0 Å². The van der Waals surface area contributed by atoms with Crippen molar-refractivity contribution < 1.29 is 9.53 Å². The molecule has 0 fully saturated rings. The van der Waals surface area contributed by atoms with E-state index in [2.05, 4.69) is 44.2 Å². The van der Waals surface area contributed by atoms with Crippen LogP contribution in [-0.2, 0) is 16.0 Å². The molecule has 1 rings (SSSR count). The molecule has 0 spiro atoms. The summed E-state index contributed by atoms with van der Waals surface area (Å²) in [5.41, 5.74) is 3.68. The van der Waals surface area contributed by atoms with Crippen molar-refractivity contribution >= 4 is 12.0 Å².